The number of carboxylic acids is 2. The van der Waals surface area contributed by atoms with E-state index in [2.05, 4.69) is 0 Å². The summed E-state index contributed by atoms with van der Waals surface area (Å²) in [5.74, 6) is -1.86. The number of ether oxygens (including phenoxy) is 1. The molecule has 8 heteroatoms. The van der Waals surface area contributed by atoms with Crippen LogP contribution in [0.1, 0.15) is 5.56 Å². The van der Waals surface area contributed by atoms with Crippen LogP contribution < -0.4 is 4.74 Å². The zero-order valence-electron chi connectivity index (χ0n) is 10.1. The van der Waals surface area contributed by atoms with Gasteiger partial charge in [-0.3, -0.25) is 0 Å². The number of aliphatic hydroxyl groups excluding tert-OH is 1. The van der Waals surface area contributed by atoms with E-state index in [4.69, 9.17) is 24.9 Å². The normalized spacial score (nSPS) is 9.10. The van der Waals surface area contributed by atoms with Gasteiger partial charge < -0.3 is 25.2 Å². The molecule has 0 unspecified atom stereocenters. The van der Waals surface area contributed by atoms with Gasteiger partial charge in [0, 0.05) is 6.08 Å². The molecule has 0 fully saturated rings. The summed E-state index contributed by atoms with van der Waals surface area (Å²) in [6.07, 6.45) is 2.44. The van der Waals surface area contributed by atoms with Crippen molar-refractivity contribution in [2.24, 2.45) is 0 Å². The fourth-order valence-electron chi connectivity index (χ4n) is 0.965. The second-order valence-corrected chi connectivity index (χ2v) is 3.15. The Balaban J connectivity index is 0. The van der Waals surface area contributed by atoms with Crippen molar-refractivity contribution in [3.63, 3.8) is 0 Å². The molecule has 0 aromatic heterocycles. The van der Waals surface area contributed by atoms with E-state index >= 15 is 0 Å². The van der Waals surface area contributed by atoms with Crippen molar-refractivity contribution in [2.75, 3.05) is 13.7 Å². The number of hydrogen-bond acceptors (Lipinski definition) is 5. The standard InChI is InChI=1S/C10H10O4.C2H4O3.Na.H/c1-14-9-6-7(2-4-8(9)11)3-5-10(12)13;3-1-2(4)5;;/h2-6,11H,1H3,(H,12,13);3H,1H2,(H,4,5);;. The molecule has 0 heterocycles. The van der Waals surface area contributed by atoms with Crippen LogP contribution in [0.15, 0.2) is 24.3 Å². The van der Waals surface area contributed by atoms with Gasteiger partial charge in [-0.15, -0.1) is 0 Å². The average molecular weight is 294 g/mol. The molecule has 0 saturated carbocycles. The quantitative estimate of drug-likeness (QED) is 0.452. The molecule has 0 aliphatic rings. The third kappa shape index (κ3) is 9.40. The van der Waals surface area contributed by atoms with Gasteiger partial charge in [-0.1, -0.05) is 6.07 Å². The summed E-state index contributed by atoms with van der Waals surface area (Å²) < 4.78 is 4.86. The number of phenols is 1. The summed E-state index contributed by atoms with van der Waals surface area (Å²) in [5, 5.41) is 32.7. The van der Waals surface area contributed by atoms with Gasteiger partial charge in [0.2, 0.25) is 0 Å². The van der Waals surface area contributed by atoms with Crippen LogP contribution in [0.5, 0.6) is 11.5 Å². The van der Waals surface area contributed by atoms with E-state index in [1.54, 1.807) is 12.1 Å². The summed E-state index contributed by atoms with van der Waals surface area (Å²) in [5.41, 5.74) is 0.655. The van der Waals surface area contributed by atoms with E-state index in [0.717, 1.165) is 6.08 Å². The Morgan fingerprint density at radius 2 is 1.85 bits per heavy atom. The number of phenolic OH excluding ortho intramolecular Hbond substituents is 1. The van der Waals surface area contributed by atoms with Crippen LogP contribution in [-0.2, 0) is 9.59 Å². The van der Waals surface area contributed by atoms with E-state index in [1.807, 2.05) is 0 Å². The van der Waals surface area contributed by atoms with Crippen LogP contribution in [0.2, 0.25) is 0 Å². The Labute approximate surface area is 137 Å². The first-order chi connectivity index (χ1) is 8.90. The maximum absolute atomic E-state index is 10.2. The van der Waals surface area contributed by atoms with Gasteiger partial charge >= 0.3 is 41.5 Å². The van der Waals surface area contributed by atoms with E-state index in [1.165, 1.54) is 19.3 Å². The van der Waals surface area contributed by atoms with Gasteiger partial charge in [0.25, 0.3) is 0 Å². The number of aliphatic hydroxyl groups is 1. The molecule has 20 heavy (non-hydrogen) atoms. The molecule has 7 nitrogen and oxygen atoms in total. The number of carboxylic acid groups (broad SMARTS) is 2. The number of aromatic hydroxyl groups is 1. The first-order valence-corrected chi connectivity index (χ1v) is 5.01. The van der Waals surface area contributed by atoms with Crippen molar-refractivity contribution in [1.82, 2.24) is 0 Å². The van der Waals surface area contributed by atoms with Crippen LogP contribution >= 0.6 is 0 Å². The fraction of sp³-hybridized carbons (Fsp3) is 0.167. The number of aliphatic carboxylic acids is 2. The van der Waals surface area contributed by atoms with Crippen molar-refractivity contribution < 1.29 is 34.8 Å². The van der Waals surface area contributed by atoms with Crippen LogP contribution in [0.25, 0.3) is 6.08 Å². The summed E-state index contributed by atoms with van der Waals surface area (Å²) in [6.45, 7) is -0.778. The van der Waals surface area contributed by atoms with Gasteiger partial charge in [-0.05, 0) is 23.8 Å². The van der Waals surface area contributed by atoms with E-state index < -0.39 is 18.5 Å². The first-order valence-electron chi connectivity index (χ1n) is 5.01. The minimum atomic E-state index is -1.19. The van der Waals surface area contributed by atoms with Crippen LogP contribution in [-0.4, -0.2) is 75.6 Å². The molecular weight excluding hydrogens is 279 g/mol. The molecule has 4 N–H and O–H groups in total. The van der Waals surface area contributed by atoms with E-state index in [0.29, 0.717) is 11.3 Å². The van der Waals surface area contributed by atoms with Crippen molar-refractivity contribution in [2.45, 2.75) is 0 Å². The van der Waals surface area contributed by atoms with Gasteiger partial charge in [-0.25, -0.2) is 9.59 Å². The number of rotatable bonds is 4. The Bertz CT molecular complexity index is 471. The molecule has 0 aliphatic carbocycles. The van der Waals surface area contributed by atoms with E-state index in [9.17, 15) is 9.90 Å². The molecule has 0 bridgehead atoms. The maximum atomic E-state index is 10.2. The Kier molecular flexibility index (Phi) is 11.7. The second-order valence-electron chi connectivity index (χ2n) is 3.15. The molecule has 0 saturated heterocycles. The monoisotopic (exact) mass is 294 g/mol. The second kappa shape index (κ2) is 11.3. The first kappa shape index (κ1) is 20.8. The predicted octanol–water partition coefficient (Wildman–Crippen LogP) is -0.0866. The van der Waals surface area contributed by atoms with Crippen molar-refractivity contribution in [1.29, 1.82) is 0 Å². The summed E-state index contributed by atoms with van der Waals surface area (Å²) >= 11 is 0. The molecule has 1 aromatic carbocycles. The van der Waals surface area contributed by atoms with Crippen molar-refractivity contribution in [3.05, 3.63) is 29.8 Å². The van der Waals surface area contributed by atoms with Gasteiger partial charge in [-0.2, -0.15) is 0 Å². The summed E-state index contributed by atoms with van der Waals surface area (Å²) in [6, 6.07) is 4.59. The van der Waals surface area contributed by atoms with Gasteiger partial charge in [0.15, 0.2) is 11.5 Å². The topological polar surface area (TPSA) is 124 Å². The molecule has 0 amide bonds. The molecule has 1 rings (SSSR count). The number of benzene rings is 1. The van der Waals surface area contributed by atoms with Crippen molar-refractivity contribution >= 4 is 47.6 Å². The summed E-state index contributed by atoms with van der Waals surface area (Å²) in [4.78, 5) is 19.3. The third-order valence-electron chi connectivity index (χ3n) is 1.76. The molecular formula is C12H15NaO7. The zero-order valence-corrected chi connectivity index (χ0v) is 10.1. The van der Waals surface area contributed by atoms with Gasteiger partial charge in [0.1, 0.15) is 6.61 Å². The number of hydrogen-bond donors (Lipinski definition) is 4. The number of carbonyl (C=O) groups is 2. The fourth-order valence-corrected chi connectivity index (χ4v) is 0.965. The molecule has 0 atom stereocenters. The summed E-state index contributed by atoms with van der Waals surface area (Å²) in [7, 11) is 1.43. The molecule has 106 valence electrons. The van der Waals surface area contributed by atoms with E-state index in [-0.39, 0.29) is 35.3 Å². The molecule has 0 aliphatic heterocycles. The molecule has 0 spiro atoms. The Morgan fingerprint density at radius 1 is 1.30 bits per heavy atom. The number of methoxy groups -OCH3 is 1. The zero-order chi connectivity index (χ0) is 14.8. The predicted molar refractivity (Wildman–Crippen MR) is 73.2 cm³/mol. The SMILES string of the molecule is COc1cc(C=CC(=O)O)ccc1O.O=C(O)CO.[NaH]. The third-order valence-corrected chi connectivity index (χ3v) is 1.76. The van der Waals surface area contributed by atoms with Crippen LogP contribution in [0, 0.1) is 0 Å². The van der Waals surface area contributed by atoms with Crippen LogP contribution in [0.4, 0.5) is 0 Å². The van der Waals surface area contributed by atoms with Crippen LogP contribution in [0.3, 0.4) is 0 Å². The van der Waals surface area contributed by atoms with Crippen molar-refractivity contribution in [3.8, 4) is 11.5 Å². The Morgan fingerprint density at radius 3 is 2.25 bits per heavy atom. The molecule has 0 radical (unpaired) electrons. The van der Waals surface area contributed by atoms with Gasteiger partial charge in [0.05, 0.1) is 7.11 Å². The minimum absolute atomic E-state index is 0. The Hall–Kier alpha value is -1.54. The molecule has 1 aromatic rings. The average Bonchev–Trinajstić information content (AvgIpc) is 2.38.